The molecule has 0 spiro atoms. The van der Waals surface area contributed by atoms with Crippen molar-refractivity contribution in [1.82, 2.24) is 20.0 Å². The lowest BCUT2D eigenvalue weighted by Crippen LogP contribution is -2.39. The van der Waals surface area contributed by atoms with Gasteiger partial charge in [0.2, 0.25) is 0 Å². The summed E-state index contributed by atoms with van der Waals surface area (Å²) in [6, 6.07) is 2.20. The molecule has 0 saturated heterocycles. The third kappa shape index (κ3) is 4.53. The number of halogens is 1. The van der Waals surface area contributed by atoms with Crippen LogP contribution in [0.3, 0.4) is 0 Å². The van der Waals surface area contributed by atoms with Gasteiger partial charge >= 0.3 is 12.1 Å². The van der Waals surface area contributed by atoms with Gasteiger partial charge in [-0.1, -0.05) is 0 Å². The number of amides is 3. The van der Waals surface area contributed by atoms with Gasteiger partial charge in [-0.15, -0.1) is 0 Å². The van der Waals surface area contributed by atoms with E-state index in [-0.39, 0.29) is 18.9 Å². The Morgan fingerprint density at radius 3 is 2.47 bits per heavy atom. The molecule has 3 N–H and O–H groups in total. The summed E-state index contributed by atoms with van der Waals surface area (Å²) in [5, 5.41) is 19.7. The number of ether oxygens (including phenoxy) is 2. The van der Waals surface area contributed by atoms with Crippen molar-refractivity contribution >= 4 is 17.9 Å². The average Bonchev–Trinajstić information content (AvgIpc) is 3.11. The van der Waals surface area contributed by atoms with Crippen molar-refractivity contribution in [3.05, 3.63) is 40.3 Å². The molecule has 1 aliphatic heterocycles. The first-order chi connectivity index (χ1) is 15.2. The normalized spacial score (nSPS) is 15.6. The highest BCUT2D eigenvalue weighted by atomic mass is 19.1. The van der Waals surface area contributed by atoms with Crippen molar-refractivity contribution in [3.63, 3.8) is 0 Å². The molecule has 2 heterocycles. The molecule has 2 aromatic rings. The lowest BCUT2D eigenvalue weighted by atomic mass is 10.00. The highest BCUT2D eigenvalue weighted by molar-refractivity contribution is 5.90. The number of nitrogens with zero attached hydrogens (tertiary/aromatic N) is 3. The van der Waals surface area contributed by atoms with E-state index < -0.39 is 24.5 Å². The Kier molecular flexibility index (Phi) is 6.99. The van der Waals surface area contributed by atoms with Crippen LogP contribution in [0.2, 0.25) is 0 Å². The van der Waals surface area contributed by atoms with E-state index in [1.165, 1.54) is 23.8 Å². The number of carboxylic acid groups (broad SMARTS) is 1. The molecule has 1 aliphatic rings. The molecule has 1 atom stereocenters. The summed E-state index contributed by atoms with van der Waals surface area (Å²) in [5.74, 6) is 0.0151. The van der Waals surface area contributed by atoms with Gasteiger partial charge in [-0.2, -0.15) is 5.10 Å². The Morgan fingerprint density at radius 1 is 1.28 bits per heavy atom. The number of aryl methyl sites for hydroxylation is 2. The topological polar surface area (TPSA) is 118 Å². The molecular formula is C21H28FN5O5. The number of benzene rings is 1. The molecule has 1 unspecified atom stereocenters. The van der Waals surface area contributed by atoms with Gasteiger partial charge in [0.25, 0.3) is 0 Å². The summed E-state index contributed by atoms with van der Waals surface area (Å²) < 4.78 is 25.9. The zero-order chi connectivity index (χ0) is 23.6. The molecule has 0 fully saturated rings. The Balaban J connectivity index is 2.04. The lowest BCUT2D eigenvalue weighted by molar-refractivity contribution is -0.0970. The largest absolute Gasteiger partial charge is 0.465 e. The van der Waals surface area contributed by atoms with Crippen LogP contribution in [0.1, 0.15) is 35.3 Å². The Hall–Kier alpha value is -3.18. The number of methoxy groups -OCH3 is 2. The minimum absolute atomic E-state index is 0.0979. The first-order valence-electron chi connectivity index (χ1n) is 10.2. The van der Waals surface area contributed by atoms with E-state index in [1.54, 1.807) is 32.9 Å². The van der Waals surface area contributed by atoms with Gasteiger partial charge in [0.05, 0.1) is 24.0 Å². The van der Waals surface area contributed by atoms with Crippen LogP contribution in [0, 0.1) is 19.7 Å². The summed E-state index contributed by atoms with van der Waals surface area (Å²) in [5.41, 5.74) is 2.71. The third-order valence-electron chi connectivity index (χ3n) is 5.57. The first kappa shape index (κ1) is 23.5. The molecule has 174 valence electrons. The van der Waals surface area contributed by atoms with Gasteiger partial charge in [-0.3, -0.25) is 5.32 Å². The number of carbonyl (C=O) groups excluding carboxylic acids is 1. The zero-order valence-corrected chi connectivity index (χ0v) is 18.7. The Bertz CT molecular complexity index is 997. The van der Waals surface area contributed by atoms with Crippen LogP contribution >= 0.6 is 0 Å². The average molecular weight is 449 g/mol. The number of nitrogens with one attached hydrogen (secondary N) is 2. The van der Waals surface area contributed by atoms with Crippen molar-refractivity contribution in [1.29, 1.82) is 0 Å². The highest BCUT2D eigenvalue weighted by Crippen LogP contribution is 2.36. The minimum atomic E-state index is -1.05. The molecule has 10 nitrogen and oxygen atoms in total. The van der Waals surface area contributed by atoms with Gasteiger partial charge in [0.1, 0.15) is 11.6 Å². The second-order valence-corrected chi connectivity index (χ2v) is 7.65. The van der Waals surface area contributed by atoms with Crippen molar-refractivity contribution in [2.24, 2.45) is 0 Å². The van der Waals surface area contributed by atoms with Crippen molar-refractivity contribution in [2.45, 2.75) is 39.5 Å². The number of hydrogen-bond acceptors (Lipinski definition) is 5. The molecule has 3 rings (SSSR count). The standard InChI is InChI=1S/C21H28FN5O5/c1-11-8-14(9-12(2)18(11)22)27-19(24-20(28)23-10-16(31-4)32-5)17-13(3)26(21(29)30)7-6-15(17)25-27/h8-9,13,16H,6-7,10H2,1-5H3,(H,29,30)(H2,23,24,28). The smallest absolute Gasteiger partial charge is 0.407 e. The number of rotatable bonds is 6. The van der Waals surface area contributed by atoms with Crippen LogP contribution in [0.4, 0.5) is 19.8 Å². The minimum Gasteiger partial charge on any atom is -0.465 e. The van der Waals surface area contributed by atoms with E-state index in [9.17, 15) is 19.1 Å². The quantitative estimate of drug-likeness (QED) is 0.584. The van der Waals surface area contributed by atoms with Crippen LogP contribution in [-0.2, 0) is 15.9 Å². The molecule has 0 bridgehead atoms. The van der Waals surface area contributed by atoms with E-state index in [0.29, 0.717) is 40.3 Å². The second-order valence-electron chi connectivity index (χ2n) is 7.65. The van der Waals surface area contributed by atoms with E-state index in [4.69, 9.17) is 9.47 Å². The van der Waals surface area contributed by atoms with E-state index in [1.807, 2.05) is 0 Å². The lowest BCUT2D eigenvalue weighted by Gasteiger charge is -2.31. The van der Waals surface area contributed by atoms with Crippen LogP contribution in [0.5, 0.6) is 0 Å². The molecular weight excluding hydrogens is 421 g/mol. The monoisotopic (exact) mass is 449 g/mol. The maximum absolute atomic E-state index is 14.2. The van der Waals surface area contributed by atoms with Crippen molar-refractivity contribution < 1.29 is 28.6 Å². The highest BCUT2D eigenvalue weighted by Gasteiger charge is 2.34. The molecule has 0 radical (unpaired) electrons. The Morgan fingerprint density at radius 2 is 1.91 bits per heavy atom. The summed E-state index contributed by atoms with van der Waals surface area (Å²) in [7, 11) is 2.92. The molecule has 0 aliphatic carbocycles. The van der Waals surface area contributed by atoms with E-state index in [2.05, 4.69) is 15.7 Å². The van der Waals surface area contributed by atoms with E-state index >= 15 is 0 Å². The molecule has 11 heteroatoms. The maximum Gasteiger partial charge on any atom is 0.407 e. The number of hydrogen-bond donors (Lipinski definition) is 3. The molecule has 3 amide bonds. The van der Waals surface area contributed by atoms with Crippen molar-refractivity contribution in [3.8, 4) is 5.69 Å². The number of aromatic nitrogens is 2. The summed E-state index contributed by atoms with van der Waals surface area (Å²) in [4.78, 5) is 25.6. The first-order valence-corrected chi connectivity index (χ1v) is 10.2. The maximum atomic E-state index is 14.2. The predicted octanol–water partition coefficient (Wildman–Crippen LogP) is 2.97. The number of fused-ring (bicyclic) bond motifs is 1. The number of urea groups is 1. The second kappa shape index (κ2) is 9.53. The van der Waals surface area contributed by atoms with E-state index in [0.717, 1.165) is 0 Å². The van der Waals surface area contributed by atoms with Crippen LogP contribution in [0.15, 0.2) is 12.1 Å². The van der Waals surface area contributed by atoms with Crippen LogP contribution in [-0.4, -0.2) is 65.5 Å². The van der Waals surface area contributed by atoms with Gasteiger partial charge < -0.3 is 24.8 Å². The van der Waals surface area contributed by atoms with Gasteiger partial charge in [-0.25, -0.2) is 18.7 Å². The SMILES string of the molecule is COC(CNC(=O)Nc1c2c(nn1-c1cc(C)c(F)c(C)c1)CCN(C(=O)O)C2C)OC. The summed E-state index contributed by atoms with van der Waals surface area (Å²) in [6.07, 6.45) is -1.28. The Labute approximate surface area is 185 Å². The fraction of sp³-hybridized carbons (Fsp3) is 0.476. The van der Waals surface area contributed by atoms with Crippen LogP contribution < -0.4 is 10.6 Å². The third-order valence-corrected chi connectivity index (χ3v) is 5.57. The summed E-state index contributed by atoms with van der Waals surface area (Å²) in [6.45, 7) is 5.44. The molecule has 1 aromatic carbocycles. The predicted molar refractivity (Wildman–Crippen MR) is 115 cm³/mol. The van der Waals surface area contributed by atoms with Gasteiger partial charge in [0.15, 0.2) is 6.29 Å². The van der Waals surface area contributed by atoms with Gasteiger partial charge in [0, 0.05) is 32.7 Å². The fourth-order valence-electron chi connectivity index (χ4n) is 3.88. The summed E-state index contributed by atoms with van der Waals surface area (Å²) >= 11 is 0. The van der Waals surface area contributed by atoms with Crippen molar-refractivity contribution in [2.75, 3.05) is 32.6 Å². The molecule has 1 aromatic heterocycles. The number of carbonyl (C=O) groups is 2. The fourth-order valence-corrected chi connectivity index (χ4v) is 3.88. The number of anilines is 1. The molecule has 32 heavy (non-hydrogen) atoms. The van der Waals surface area contributed by atoms with Crippen LogP contribution in [0.25, 0.3) is 5.69 Å². The van der Waals surface area contributed by atoms with Gasteiger partial charge in [-0.05, 0) is 44.0 Å². The molecule has 0 saturated carbocycles. The zero-order valence-electron chi connectivity index (χ0n) is 18.7.